The van der Waals surface area contributed by atoms with Crippen molar-refractivity contribution >= 4 is 5.95 Å². The van der Waals surface area contributed by atoms with E-state index in [1.54, 1.807) is 6.20 Å². The zero-order chi connectivity index (χ0) is 13.9. The molecule has 1 N–H and O–H groups in total. The van der Waals surface area contributed by atoms with Gasteiger partial charge in [-0.25, -0.2) is 9.97 Å². The van der Waals surface area contributed by atoms with Gasteiger partial charge in [-0.05, 0) is 25.8 Å². The molecular formula is C14H19N5O. The summed E-state index contributed by atoms with van der Waals surface area (Å²) in [6.07, 6.45) is 7.01. The summed E-state index contributed by atoms with van der Waals surface area (Å²) in [4.78, 5) is 10.9. The second-order valence-corrected chi connectivity index (χ2v) is 5.05. The molecule has 106 valence electrons. The Morgan fingerprint density at radius 2 is 2.15 bits per heavy atom. The van der Waals surface area contributed by atoms with Crippen LogP contribution in [0.4, 0.5) is 5.95 Å². The van der Waals surface area contributed by atoms with Crippen molar-refractivity contribution in [1.29, 1.82) is 0 Å². The van der Waals surface area contributed by atoms with Gasteiger partial charge in [-0.2, -0.15) is 5.10 Å². The van der Waals surface area contributed by atoms with Crippen molar-refractivity contribution in [2.75, 3.05) is 18.0 Å². The van der Waals surface area contributed by atoms with Crippen LogP contribution in [0.25, 0.3) is 11.3 Å². The number of anilines is 1. The quantitative estimate of drug-likeness (QED) is 0.913. The highest BCUT2D eigenvalue weighted by Gasteiger charge is 2.19. The first-order valence-electron chi connectivity index (χ1n) is 7.05. The van der Waals surface area contributed by atoms with E-state index in [4.69, 9.17) is 0 Å². The number of aromatic nitrogens is 4. The average Bonchev–Trinajstić information content (AvgIpc) is 2.96. The molecule has 0 radical (unpaired) electrons. The maximum Gasteiger partial charge on any atom is 0.225 e. The number of piperidine rings is 1. The van der Waals surface area contributed by atoms with E-state index in [9.17, 15) is 5.11 Å². The fourth-order valence-electron chi connectivity index (χ4n) is 2.58. The molecule has 1 unspecified atom stereocenters. The lowest BCUT2D eigenvalue weighted by Crippen LogP contribution is -2.39. The van der Waals surface area contributed by atoms with Gasteiger partial charge in [0.15, 0.2) is 0 Å². The van der Waals surface area contributed by atoms with E-state index in [1.807, 2.05) is 28.0 Å². The molecule has 1 aliphatic rings. The molecule has 2 aromatic rings. The largest absolute Gasteiger partial charge is 0.391 e. The lowest BCUT2D eigenvalue weighted by Gasteiger charge is -2.29. The van der Waals surface area contributed by atoms with Gasteiger partial charge in [0.25, 0.3) is 0 Å². The first-order valence-corrected chi connectivity index (χ1v) is 7.05. The Morgan fingerprint density at radius 3 is 2.85 bits per heavy atom. The summed E-state index contributed by atoms with van der Waals surface area (Å²) in [5, 5.41) is 14.0. The summed E-state index contributed by atoms with van der Waals surface area (Å²) in [7, 11) is 0. The fraction of sp³-hybridized carbons (Fsp3) is 0.500. The van der Waals surface area contributed by atoms with Gasteiger partial charge in [-0.3, -0.25) is 4.68 Å². The first kappa shape index (κ1) is 13.1. The normalized spacial score (nSPS) is 19.3. The number of nitrogens with zero attached hydrogens (tertiary/aromatic N) is 5. The minimum absolute atomic E-state index is 0.270. The number of rotatable bonds is 3. The van der Waals surface area contributed by atoms with E-state index in [-0.39, 0.29) is 6.10 Å². The molecule has 6 heteroatoms. The molecule has 1 aliphatic heterocycles. The fourth-order valence-corrected chi connectivity index (χ4v) is 2.58. The molecule has 1 atom stereocenters. The highest BCUT2D eigenvalue weighted by Crippen LogP contribution is 2.20. The van der Waals surface area contributed by atoms with Crippen LogP contribution in [0, 0.1) is 0 Å². The van der Waals surface area contributed by atoms with Crippen LogP contribution in [0.3, 0.4) is 0 Å². The van der Waals surface area contributed by atoms with Gasteiger partial charge in [0.2, 0.25) is 5.95 Å². The Hall–Kier alpha value is -1.95. The van der Waals surface area contributed by atoms with Crippen LogP contribution in [-0.2, 0) is 6.54 Å². The summed E-state index contributed by atoms with van der Waals surface area (Å²) in [6.45, 7) is 4.40. The Morgan fingerprint density at radius 1 is 1.35 bits per heavy atom. The van der Waals surface area contributed by atoms with Crippen LogP contribution in [0.5, 0.6) is 0 Å². The SMILES string of the molecule is CCn1nccc1-c1cnc(N2CCCC(O)C2)nc1. The summed E-state index contributed by atoms with van der Waals surface area (Å²) >= 11 is 0. The number of hydrogen-bond donors (Lipinski definition) is 1. The van der Waals surface area contributed by atoms with Crippen LogP contribution in [0.2, 0.25) is 0 Å². The standard InChI is InChI=1S/C14H19N5O/c1-2-19-13(5-6-17-19)11-8-15-14(16-9-11)18-7-3-4-12(20)10-18/h5-6,8-9,12,20H,2-4,7,10H2,1H3. The van der Waals surface area contributed by atoms with Gasteiger partial charge in [0.05, 0.1) is 11.8 Å². The van der Waals surface area contributed by atoms with Crippen molar-refractivity contribution < 1.29 is 5.11 Å². The summed E-state index contributed by atoms with van der Waals surface area (Å²) in [6, 6.07) is 1.96. The Labute approximate surface area is 118 Å². The third kappa shape index (κ3) is 2.51. The lowest BCUT2D eigenvalue weighted by molar-refractivity contribution is 0.153. The topological polar surface area (TPSA) is 67.1 Å². The molecule has 0 saturated carbocycles. The van der Waals surface area contributed by atoms with E-state index in [1.165, 1.54) is 0 Å². The van der Waals surface area contributed by atoms with Gasteiger partial charge in [0.1, 0.15) is 0 Å². The average molecular weight is 273 g/mol. The smallest absolute Gasteiger partial charge is 0.225 e. The highest BCUT2D eigenvalue weighted by molar-refractivity contribution is 5.57. The van der Waals surface area contributed by atoms with Crippen molar-refractivity contribution in [3.8, 4) is 11.3 Å². The van der Waals surface area contributed by atoms with Crippen LogP contribution < -0.4 is 4.90 Å². The maximum absolute atomic E-state index is 9.71. The summed E-state index contributed by atoms with van der Waals surface area (Å²) in [5.74, 6) is 0.690. The lowest BCUT2D eigenvalue weighted by atomic mass is 10.1. The number of hydrogen-bond acceptors (Lipinski definition) is 5. The molecule has 0 amide bonds. The first-order chi connectivity index (χ1) is 9.78. The van der Waals surface area contributed by atoms with Gasteiger partial charge < -0.3 is 10.0 Å². The molecule has 6 nitrogen and oxygen atoms in total. The van der Waals surface area contributed by atoms with Gasteiger partial charge in [-0.15, -0.1) is 0 Å². The number of aliphatic hydroxyl groups excluding tert-OH is 1. The summed E-state index contributed by atoms with van der Waals surface area (Å²) in [5.41, 5.74) is 1.99. The molecular weight excluding hydrogens is 254 g/mol. The van der Waals surface area contributed by atoms with E-state index in [0.29, 0.717) is 12.5 Å². The van der Waals surface area contributed by atoms with E-state index >= 15 is 0 Å². The third-order valence-corrected chi connectivity index (χ3v) is 3.63. The Bertz CT molecular complexity index is 565. The third-order valence-electron chi connectivity index (χ3n) is 3.63. The van der Waals surface area contributed by atoms with Crippen molar-refractivity contribution in [3.05, 3.63) is 24.7 Å². The molecule has 1 saturated heterocycles. The Balaban J connectivity index is 1.81. The van der Waals surface area contributed by atoms with E-state index < -0.39 is 0 Å². The minimum Gasteiger partial charge on any atom is -0.391 e. The van der Waals surface area contributed by atoms with Gasteiger partial charge >= 0.3 is 0 Å². The van der Waals surface area contributed by atoms with Crippen LogP contribution >= 0.6 is 0 Å². The van der Waals surface area contributed by atoms with Crippen molar-refractivity contribution in [1.82, 2.24) is 19.7 Å². The molecule has 0 spiro atoms. The Kier molecular flexibility index (Phi) is 3.64. The highest BCUT2D eigenvalue weighted by atomic mass is 16.3. The molecule has 2 aromatic heterocycles. The van der Waals surface area contributed by atoms with Gasteiger partial charge in [0, 0.05) is 43.8 Å². The molecule has 20 heavy (non-hydrogen) atoms. The molecule has 3 heterocycles. The number of β-amino-alcohol motifs (C(OH)–C–C–N with tert-alkyl or cyclic N) is 1. The predicted octanol–water partition coefficient (Wildman–Crippen LogP) is 1.32. The molecule has 0 bridgehead atoms. The second-order valence-electron chi connectivity index (χ2n) is 5.05. The van der Waals surface area contributed by atoms with E-state index in [0.717, 1.165) is 37.2 Å². The van der Waals surface area contributed by atoms with Crippen molar-refractivity contribution in [2.24, 2.45) is 0 Å². The number of aliphatic hydroxyl groups is 1. The zero-order valence-corrected chi connectivity index (χ0v) is 11.6. The molecule has 0 aromatic carbocycles. The van der Waals surface area contributed by atoms with E-state index in [2.05, 4.69) is 22.0 Å². The van der Waals surface area contributed by atoms with Crippen molar-refractivity contribution in [3.63, 3.8) is 0 Å². The molecule has 3 rings (SSSR count). The van der Waals surface area contributed by atoms with Crippen LogP contribution in [-0.4, -0.2) is 44.0 Å². The zero-order valence-electron chi connectivity index (χ0n) is 11.6. The predicted molar refractivity (Wildman–Crippen MR) is 76.4 cm³/mol. The van der Waals surface area contributed by atoms with Crippen molar-refractivity contribution in [2.45, 2.75) is 32.4 Å². The molecule has 0 aliphatic carbocycles. The summed E-state index contributed by atoms with van der Waals surface area (Å²) < 4.78 is 1.92. The monoisotopic (exact) mass is 273 g/mol. The van der Waals surface area contributed by atoms with Crippen LogP contribution in [0.1, 0.15) is 19.8 Å². The minimum atomic E-state index is -0.270. The second kappa shape index (κ2) is 5.58. The maximum atomic E-state index is 9.71. The van der Waals surface area contributed by atoms with Gasteiger partial charge in [-0.1, -0.05) is 0 Å². The van der Waals surface area contributed by atoms with Crippen LogP contribution in [0.15, 0.2) is 24.7 Å². The number of aryl methyl sites for hydroxylation is 1. The molecule has 1 fully saturated rings.